The molecule has 1 aromatic rings. The number of hydrogen-bond acceptors (Lipinski definition) is 2. The fraction of sp³-hybridized carbons (Fsp3) is 0.438. The van der Waals surface area contributed by atoms with Crippen LogP contribution in [-0.2, 0) is 4.74 Å². The van der Waals surface area contributed by atoms with Crippen molar-refractivity contribution in [3.8, 4) is 0 Å². The normalized spacial score (nSPS) is 15.7. The molecular formula is C16H19BrClNO2. The van der Waals surface area contributed by atoms with Gasteiger partial charge < -0.3 is 9.64 Å². The topological polar surface area (TPSA) is 29.5 Å². The van der Waals surface area contributed by atoms with E-state index in [1.165, 1.54) is 5.57 Å². The predicted octanol–water partition coefficient (Wildman–Crippen LogP) is 5.13. The molecule has 1 amide bonds. The Balaban J connectivity index is 2.07. The largest absolute Gasteiger partial charge is 0.444 e. The Morgan fingerprint density at radius 3 is 2.62 bits per heavy atom. The third-order valence-corrected chi connectivity index (χ3v) is 3.94. The summed E-state index contributed by atoms with van der Waals surface area (Å²) < 4.78 is 6.34. The lowest BCUT2D eigenvalue weighted by molar-refractivity contribution is 0.0270. The van der Waals surface area contributed by atoms with Crippen molar-refractivity contribution in [3.63, 3.8) is 0 Å². The van der Waals surface area contributed by atoms with Crippen LogP contribution in [-0.4, -0.2) is 29.7 Å². The molecule has 1 aromatic carbocycles. The number of rotatable bonds is 1. The minimum Gasteiger partial charge on any atom is -0.444 e. The van der Waals surface area contributed by atoms with Gasteiger partial charge >= 0.3 is 6.09 Å². The average molecular weight is 373 g/mol. The molecule has 0 N–H and O–H groups in total. The smallest absolute Gasteiger partial charge is 0.410 e. The zero-order chi connectivity index (χ0) is 15.6. The Morgan fingerprint density at radius 2 is 2.10 bits per heavy atom. The van der Waals surface area contributed by atoms with Crippen LogP contribution >= 0.6 is 27.5 Å². The third-order valence-electron chi connectivity index (χ3n) is 3.14. The Bertz CT molecular complexity index is 578. The molecule has 21 heavy (non-hydrogen) atoms. The molecule has 0 saturated carbocycles. The van der Waals surface area contributed by atoms with Gasteiger partial charge in [-0.3, -0.25) is 0 Å². The van der Waals surface area contributed by atoms with Crippen molar-refractivity contribution in [1.29, 1.82) is 0 Å². The Hall–Kier alpha value is -1.000. The van der Waals surface area contributed by atoms with Gasteiger partial charge in [-0.05, 0) is 50.5 Å². The van der Waals surface area contributed by atoms with E-state index in [-0.39, 0.29) is 6.09 Å². The van der Waals surface area contributed by atoms with Gasteiger partial charge in [-0.25, -0.2) is 4.79 Å². The van der Waals surface area contributed by atoms with Crippen molar-refractivity contribution in [2.45, 2.75) is 32.8 Å². The molecule has 2 rings (SSSR count). The number of carbonyl (C=O) groups excluding carboxylic acids is 1. The highest BCUT2D eigenvalue weighted by Crippen LogP contribution is 2.31. The average Bonchev–Trinajstić information content (AvgIpc) is 2.37. The van der Waals surface area contributed by atoms with Crippen molar-refractivity contribution < 1.29 is 9.53 Å². The molecule has 0 aliphatic carbocycles. The van der Waals surface area contributed by atoms with E-state index < -0.39 is 5.60 Å². The highest BCUT2D eigenvalue weighted by molar-refractivity contribution is 9.10. The minimum atomic E-state index is -0.462. The van der Waals surface area contributed by atoms with Crippen molar-refractivity contribution >= 4 is 39.2 Å². The zero-order valence-corrected chi connectivity index (χ0v) is 14.8. The van der Waals surface area contributed by atoms with Crippen LogP contribution in [0.5, 0.6) is 0 Å². The lowest BCUT2D eigenvalue weighted by Gasteiger charge is -2.29. The first kappa shape index (κ1) is 16.4. The molecule has 5 heteroatoms. The summed E-state index contributed by atoms with van der Waals surface area (Å²) in [6.45, 7) is 6.82. The van der Waals surface area contributed by atoms with Crippen molar-refractivity contribution in [3.05, 3.63) is 39.3 Å². The highest BCUT2D eigenvalue weighted by atomic mass is 79.9. The molecule has 0 radical (unpaired) electrons. The predicted molar refractivity (Wildman–Crippen MR) is 89.6 cm³/mol. The Kier molecular flexibility index (Phi) is 4.99. The lowest BCUT2D eigenvalue weighted by atomic mass is 10.00. The summed E-state index contributed by atoms with van der Waals surface area (Å²) in [6.07, 6.45) is 2.56. The quantitative estimate of drug-likeness (QED) is 0.684. The number of carbonyl (C=O) groups is 1. The minimum absolute atomic E-state index is 0.264. The first-order valence-electron chi connectivity index (χ1n) is 6.88. The van der Waals surface area contributed by atoms with E-state index in [9.17, 15) is 4.79 Å². The zero-order valence-electron chi connectivity index (χ0n) is 12.5. The van der Waals surface area contributed by atoms with Crippen LogP contribution in [0.1, 0.15) is 32.8 Å². The van der Waals surface area contributed by atoms with Gasteiger partial charge in [-0.15, -0.1) is 0 Å². The summed E-state index contributed by atoms with van der Waals surface area (Å²) in [6, 6.07) is 5.86. The van der Waals surface area contributed by atoms with Crippen molar-refractivity contribution in [2.75, 3.05) is 13.1 Å². The van der Waals surface area contributed by atoms with Gasteiger partial charge in [-0.1, -0.05) is 39.7 Å². The molecule has 0 saturated heterocycles. The van der Waals surface area contributed by atoms with Gasteiger partial charge in [0.25, 0.3) is 0 Å². The van der Waals surface area contributed by atoms with Crippen LogP contribution in [0.2, 0.25) is 5.02 Å². The fourth-order valence-corrected chi connectivity index (χ4v) is 2.95. The highest BCUT2D eigenvalue weighted by Gasteiger charge is 2.24. The van der Waals surface area contributed by atoms with E-state index >= 15 is 0 Å². The fourth-order valence-electron chi connectivity index (χ4n) is 2.16. The molecule has 1 aliphatic heterocycles. The van der Waals surface area contributed by atoms with E-state index in [1.54, 1.807) is 4.90 Å². The van der Waals surface area contributed by atoms with E-state index in [0.717, 1.165) is 21.5 Å². The first-order valence-corrected chi connectivity index (χ1v) is 8.06. The SMILES string of the molecule is CC(C)(C)OC(=O)N1CC=C(c2ccc(Br)cc2Cl)CC1. The van der Waals surface area contributed by atoms with Gasteiger partial charge in [0.15, 0.2) is 0 Å². The molecular weight excluding hydrogens is 354 g/mol. The second kappa shape index (κ2) is 6.41. The first-order chi connectivity index (χ1) is 9.76. The molecule has 0 aromatic heterocycles. The second-order valence-corrected chi connectivity index (χ2v) is 7.35. The van der Waals surface area contributed by atoms with E-state index in [0.29, 0.717) is 13.1 Å². The van der Waals surface area contributed by atoms with Crippen LogP contribution in [0.3, 0.4) is 0 Å². The molecule has 114 valence electrons. The van der Waals surface area contributed by atoms with Crippen LogP contribution in [0.25, 0.3) is 5.57 Å². The maximum atomic E-state index is 12.0. The molecule has 0 spiro atoms. The van der Waals surface area contributed by atoms with Crippen LogP contribution in [0.15, 0.2) is 28.7 Å². The molecule has 0 atom stereocenters. The van der Waals surface area contributed by atoms with Gasteiger partial charge in [0.1, 0.15) is 5.60 Å². The maximum Gasteiger partial charge on any atom is 0.410 e. The molecule has 1 heterocycles. The van der Waals surface area contributed by atoms with Crippen LogP contribution in [0.4, 0.5) is 4.79 Å². The molecule has 1 aliphatic rings. The maximum absolute atomic E-state index is 12.0. The van der Waals surface area contributed by atoms with Gasteiger partial charge in [0.2, 0.25) is 0 Å². The number of amides is 1. The molecule has 0 bridgehead atoms. The van der Waals surface area contributed by atoms with Crippen LogP contribution in [0, 0.1) is 0 Å². The Labute approximate surface area is 139 Å². The number of benzene rings is 1. The summed E-state index contributed by atoms with van der Waals surface area (Å²) in [7, 11) is 0. The summed E-state index contributed by atoms with van der Waals surface area (Å²) in [5.41, 5.74) is 1.74. The standard InChI is InChI=1S/C16H19BrClNO2/c1-16(2,3)21-15(20)19-8-6-11(7-9-19)13-5-4-12(17)10-14(13)18/h4-6,10H,7-9H2,1-3H3. The summed E-state index contributed by atoms with van der Waals surface area (Å²) >= 11 is 9.68. The molecule has 0 unspecified atom stereocenters. The summed E-state index contributed by atoms with van der Waals surface area (Å²) in [4.78, 5) is 13.7. The van der Waals surface area contributed by atoms with Crippen LogP contribution < -0.4 is 0 Å². The summed E-state index contributed by atoms with van der Waals surface area (Å²) in [5, 5.41) is 0.723. The van der Waals surface area contributed by atoms with Crippen molar-refractivity contribution in [1.82, 2.24) is 4.90 Å². The number of halogens is 2. The lowest BCUT2D eigenvalue weighted by Crippen LogP contribution is -2.39. The van der Waals surface area contributed by atoms with Gasteiger partial charge in [-0.2, -0.15) is 0 Å². The summed E-state index contributed by atoms with van der Waals surface area (Å²) in [5.74, 6) is 0. The van der Waals surface area contributed by atoms with Gasteiger partial charge in [0.05, 0.1) is 0 Å². The van der Waals surface area contributed by atoms with E-state index in [1.807, 2.05) is 45.0 Å². The van der Waals surface area contributed by atoms with Crippen molar-refractivity contribution in [2.24, 2.45) is 0 Å². The number of ether oxygens (including phenoxy) is 1. The molecule has 3 nitrogen and oxygen atoms in total. The second-order valence-electron chi connectivity index (χ2n) is 6.03. The monoisotopic (exact) mass is 371 g/mol. The molecule has 0 fully saturated rings. The van der Waals surface area contributed by atoms with Gasteiger partial charge in [0, 0.05) is 22.6 Å². The van der Waals surface area contributed by atoms with E-state index in [4.69, 9.17) is 16.3 Å². The number of nitrogens with zero attached hydrogens (tertiary/aromatic N) is 1. The Morgan fingerprint density at radius 1 is 1.38 bits per heavy atom. The number of hydrogen-bond donors (Lipinski definition) is 0. The van der Waals surface area contributed by atoms with E-state index in [2.05, 4.69) is 15.9 Å². The third kappa shape index (κ3) is 4.48.